The van der Waals surface area contributed by atoms with Crippen LogP contribution in [-0.2, 0) is 10.0 Å². The van der Waals surface area contributed by atoms with E-state index in [0.717, 1.165) is 24.3 Å². The number of methoxy groups -OCH3 is 1. The number of aromatic nitrogens is 1. The van der Waals surface area contributed by atoms with E-state index in [2.05, 4.69) is 10.1 Å². The molecule has 0 saturated carbocycles. The van der Waals surface area contributed by atoms with Crippen LogP contribution in [0.15, 0.2) is 51.9 Å². The second-order valence-electron chi connectivity index (χ2n) is 8.28. The molecule has 0 bridgehead atoms. The van der Waals surface area contributed by atoms with Gasteiger partial charge in [0.15, 0.2) is 11.3 Å². The van der Waals surface area contributed by atoms with E-state index in [9.17, 15) is 13.2 Å². The first-order valence-corrected chi connectivity index (χ1v) is 12.5. The van der Waals surface area contributed by atoms with Crippen molar-refractivity contribution < 1.29 is 22.5 Å². The standard InChI is InChI=1S/C23H26N4O5S/c1-31-18-6-4-5-17(15-18)25-11-13-27(14-12-25)33(29,30)19-7-8-21-20(16-19)22(24-32-21)23(28)26-9-2-3-10-26/h4-8,15-16H,2-3,9-14H2,1H3. The fourth-order valence-corrected chi connectivity index (χ4v) is 5.89. The van der Waals surface area contributed by atoms with E-state index in [1.165, 1.54) is 16.4 Å². The number of ether oxygens (including phenoxy) is 1. The Balaban J connectivity index is 1.36. The Labute approximate surface area is 192 Å². The van der Waals surface area contributed by atoms with Crippen LogP contribution in [0.2, 0.25) is 0 Å². The summed E-state index contributed by atoms with van der Waals surface area (Å²) in [6.07, 6.45) is 1.92. The van der Waals surface area contributed by atoms with Gasteiger partial charge < -0.3 is 19.1 Å². The van der Waals surface area contributed by atoms with Crippen molar-refractivity contribution in [1.29, 1.82) is 0 Å². The highest BCUT2D eigenvalue weighted by Crippen LogP contribution is 2.28. The van der Waals surface area contributed by atoms with Crippen LogP contribution in [0.4, 0.5) is 5.69 Å². The summed E-state index contributed by atoms with van der Waals surface area (Å²) < 4.78 is 38.8. The third-order valence-electron chi connectivity index (χ3n) is 6.33. The van der Waals surface area contributed by atoms with Gasteiger partial charge >= 0.3 is 0 Å². The summed E-state index contributed by atoms with van der Waals surface area (Å²) >= 11 is 0. The number of carbonyl (C=O) groups is 1. The molecule has 2 aliphatic heterocycles. The predicted molar refractivity (Wildman–Crippen MR) is 123 cm³/mol. The van der Waals surface area contributed by atoms with Gasteiger partial charge in [-0.05, 0) is 43.2 Å². The molecule has 0 N–H and O–H groups in total. The zero-order chi connectivity index (χ0) is 23.0. The van der Waals surface area contributed by atoms with Gasteiger partial charge in [0.25, 0.3) is 5.91 Å². The molecule has 1 aromatic heterocycles. The molecule has 33 heavy (non-hydrogen) atoms. The number of piperazine rings is 1. The smallest absolute Gasteiger partial charge is 0.276 e. The fraction of sp³-hybridized carbons (Fsp3) is 0.391. The lowest BCUT2D eigenvalue weighted by Gasteiger charge is -2.35. The summed E-state index contributed by atoms with van der Waals surface area (Å²) in [5, 5.41) is 4.37. The highest BCUT2D eigenvalue weighted by molar-refractivity contribution is 7.89. The Morgan fingerprint density at radius 1 is 1.00 bits per heavy atom. The van der Waals surface area contributed by atoms with Gasteiger partial charge in [0.2, 0.25) is 10.0 Å². The number of carbonyl (C=O) groups excluding carboxylic acids is 1. The van der Waals surface area contributed by atoms with Crippen LogP contribution >= 0.6 is 0 Å². The van der Waals surface area contributed by atoms with Crippen molar-refractivity contribution >= 4 is 32.6 Å². The highest BCUT2D eigenvalue weighted by Gasteiger charge is 2.31. The minimum absolute atomic E-state index is 0.142. The van der Waals surface area contributed by atoms with Crippen molar-refractivity contribution in [3.05, 3.63) is 48.2 Å². The van der Waals surface area contributed by atoms with Gasteiger partial charge in [-0.3, -0.25) is 4.79 Å². The summed E-state index contributed by atoms with van der Waals surface area (Å²) in [7, 11) is -2.10. The van der Waals surface area contributed by atoms with Gasteiger partial charge in [-0.25, -0.2) is 8.42 Å². The van der Waals surface area contributed by atoms with E-state index in [1.807, 2.05) is 24.3 Å². The number of nitrogens with zero attached hydrogens (tertiary/aromatic N) is 4. The van der Waals surface area contributed by atoms with Crippen molar-refractivity contribution in [2.45, 2.75) is 17.7 Å². The number of hydrogen-bond acceptors (Lipinski definition) is 7. The first kappa shape index (κ1) is 21.7. The Morgan fingerprint density at radius 2 is 1.76 bits per heavy atom. The third kappa shape index (κ3) is 4.04. The topological polar surface area (TPSA) is 96.2 Å². The van der Waals surface area contributed by atoms with Crippen molar-refractivity contribution in [1.82, 2.24) is 14.4 Å². The summed E-state index contributed by atoms with van der Waals surface area (Å²) in [6.45, 7) is 3.23. The van der Waals surface area contributed by atoms with E-state index < -0.39 is 10.0 Å². The Bertz CT molecular complexity index is 1270. The average Bonchev–Trinajstić information content (AvgIpc) is 3.54. The number of sulfonamides is 1. The lowest BCUT2D eigenvalue weighted by atomic mass is 10.2. The summed E-state index contributed by atoms with van der Waals surface area (Å²) in [5.41, 5.74) is 1.58. The first-order chi connectivity index (χ1) is 16.0. The largest absolute Gasteiger partial charge is 0.497 e. The molecule has 174 valence electrons. The van der Waals surface area contributed by atoms with E-state index in [4.69, 9.17) is 9.26 Å². The summed E-state index contributed by atoms with van der Waals surface area (Å²) in [5.74, 6) is 0.552. The maximum Gasteiger partial charge on any atom is 0.276 e. The Morgan fingerprint density at radius 3 is 2.48 bits per heavy atom. The molecule has 10 heteroatoms. The molecule has 0 radical (unpaired) electrons. The monoisotopic (exact) mass is 470 g/mol. The molecule has 9 nitrogen and oxygen atoms in total. The molecular formula is C23H26N4O5S. The minimum Gasteiger partial charge on any atom is -0.497 e. The molecule has 1 amide bonds. The van der Waals surface area contributed by atoms with Gasteiger partial charge in [-0.15, -0.1) is 0 Å². The number of amides is 1. The van der Waals surface area contributed by atoms with Crippen LogP contribution in [0, 0.1) is 0 Å². The minimum atomic E-state index is -3.72. The number of hydrogen-bond donors (Lipinski definition) is 0. The molecule has 0 atom stereocenters. The maximum absolute atomic E-state index is 13.4. The summed E-state index contributed by atoms with van der Waals surface area (Å²) in [6, 6.07) is 12.3. The van der Waals surface area contributed by atoms with Crippen LogP contribution in [0.5, 0.6) is 5.75 Å². The average molecular weight is 471 g/mol. The predicted octanol–water partition coefficient (Wildman–Crippen LogP) is 2.58. The normalized spacial score (nSPS) is 17.6. The zero-order valence-electron chi connectivity index (χ0n) is 18.4. The van der Waals surface area contributed by atoms with E-state index >= 15 is 0 Å². The third-order valence-corrected chi connectivity index (χ3v) is 8.23. The molecule has 2 saturated heterocycles. The van der Waals surface area contributed by atoms with E-state index in [0.29, 0.717) is 50.2 Å². The number of rotatable bonds is 5. The Kier molecular flexibility index (Phi) is 5.71. The van der Waals surface area contributed by atoms with Gasteiger partial charge in [-0.2, -0.15) is 4.31 Å². The van der Waals surface area contributed by atoms with Crippen molar-refractivity contribution in [3.8, 4) is 5.75 Å². The van der Waals surface area contributed by atoms with Crippen molar-refractivity contribution in [3.63, 3.8) is 0 Å². The van der Waals surface area contributed by atoms with Gasteiger partial charge in [0.05, 0.1) is 17.4 Å². The Hall–Kier alpha value is -3.11. The molecule has 3 aromatic rings. The number of fused-ring (bicyclic) bond motifs is 1. The van der Waals surface area contributed by atoms with Crippen molar-refractivity contribution in [2.75, 3.05) is 51.3 Å². The molecule has 0 unspecified atom stereocenters. The van der Waals surface area contributed by atoms with Crippen molar-refractivity contribution in [2.24, 2.45) is 0 Å². The molecule has 2 aromatic carbocycles. The van der Waals surface area contributed by atoms with Gasteiger partial charge in [0.1, 0.15) is 5.75 Å². The molecule has 0 spiro atoms. The number of likely N-dealkylation sites (tertiary alicyclic amines) is 1. The highest BCUT2D eigenvalue weighted by atomic mass is 32.2. The lowest BCUT2D eigenvalue weighted by Crippen LogP contribution is -2.48. The van der Waals surface area contributed by atoms with Gasteiger partial charge in [-0.1, -0.05) is 11.2 Å². The molecule has 2 fully saturated rings. The lowest BCUT2D eigenvalue weighted by molar-refractivity contribution is 0.0784. The first-order valence-electron chi connectivity index (χ1n) is 11.1. The fourth-order valence-electron chi connectivity index (χ4n) is 4.45. The van der Waals surface area contributed by atoms with Crippen LogP contribution in [0.1, 0.15) is 23.3 Å². The molecule has 2 aliphatic rings. The second-order valence-corrected chi connectivity index (χ2v) is 10.2. The number of anilines is 1. The maximum atomic E-state index is 13.4. The molecule has 3 heterocycles. The summed E-state index contributed by atoms with van der Waals surface area (Å²) in [4.78, 5) is 16.8. The van der Waals surface area contributed by atoms with Crippen LogP contribution in [-0.4, -0.2) is 75.1 Å². The van der Waals surface area contributed by atoms with Crippen LogP contribution in [0.25, 0.3) is 11.0 Å². The van der Waals surface area contributed by atoms with E-state index in [-0.39, 0.29) is 16.5 Å². The zero-order valence-corrected chi connectivity index (χ0v) is 19.3. The quantitative estimate of drug-likeness (QED) is 0.565. The SMILES string of the molecule is COc1cccc(N2CCN(S(=O)(=O)c3ccc4onc(C(=O)N5CCCC5)c4c3)CC2)c1. The van der Waals surface area contributed by atoms with Crippen LogP contribution in [0.3, 0.4) is 0 Å². The van der Waals surface area contributed by atoms with E-state index in [1.54, 1.807) is 18.1 Å². The molecular weight excluding hydrogens is 444 g/mol. The number of benzene rings is 2. The van der Waals surface area contributed by atoms with Gasteiger partial charge in [0, 0.05) is 51.0 Å². The molecule has 5 rings (SSSR count). The molecule has 0 aliphatic carbocycles. The van der Waals surface area contributed by atoms with Crippen LogP contribution < -0.4 is 9.64 Å². The second kappa shape index (κ2) is 8.68.